The fraction of sp³-hybridized carbons (Fsp3) is 0.176. The molecule has 0 unspecified atom stereocenters. The van der Waals surface area contributed by atoms with Crippen LogP contribution in [0.2, 0.25) is 0 Å². The predicted molar refractivity (Wildman–Crippen MR) is 81.4 cm³/mol. The first kappa shape index (κ1) is 17.5. The fourth-order valence-corrected chi connectivity index (χ4v) is 1.73. The van der Waals surface area contributed by atoms with E-state index in [2.05, 4.69) is 13.2 Å². The summed E-state index contributed by atoms with van der Waals surface area (Å²) in [5, 5.41) is 0. The number of rotatable bonds is 9. The van der Waals surface area contributed by atoms with E-state index >= 15 is 0 Å². The van der Waals surface area contributed by atoms with Crippen LogP contribution in [0.15, 0.2) is 55.1 Å². The molecule has 0 fully saturated rings. The van der Waals surface area contributed by atoms with Crippen LogP contribution >= 0.6 is 0 Å². The molecule has 0 N–H and O–H groups in total. The van der Waals surface area contributed by atoms with Crippen molar-refractivity contribution in [1.82, 2.24) is 0 Å². The molecule has 0 bridgehead atoms. The Hall–Kier alpha value is -2.53. The third-order valence-electron chi connectivity index (χ3n) is 2.79. The second kappa shape index (κ2) is 8.69. The molecule has 0 amide bonds. The molecule has 1 aromatic rings. The van der Waals surface area contributed by atoms with Gasteiger partial charge in [-0.05, 0) is 17.7 Å². The quantitative estimate of drug-likeness (QED) is 0.304. The molecule has 0 aliphatic heterocycles. The Morgan fingerprint density at radius 1 is 1.41 bits per heavy atom. The number of halogens is 1. The number of benzene rings is 1. The first-order chi connectivity index (χ1) is 10.5. The Balaban J connectivity index is 2.87. The van der Waals surface area contributed by atoms with Crippen molar-refractivity contribution in [1.29, 1.82) is 0 Å². The molecule has 1 aromatic carbocycles. The molecule has 0 aliphatic rings. The van der Waals surface area contributed by atoms with Crippen molar-refractivity contribution >= 4 is 12.1 Å². The molecule has 5 heteroatoms. The second-order valence-corrected chi connectivity index (χ2v) is 4.35. The van der Waals surface area contributed by atoms with Crippen molar-refractivity contribution < 1.29 is 23.5 Å². The Labute approximate surface area is 128 Å². The second-order valence-electron chi connectivity index (χ2n) is 4.35. The van der Waals surface area contributed by atoms with Gasteiger partial charge in [0, 0.05) is 18.2 Å². The smallest absolute Gasteiger partial charge is 0.200 e. The summed E-state index contributed by atoms with van der Waals surface area (Å²) in [6.45, 7) is 6.39. The van der Waals surface area contributed by atoms with Gasteiger partial charge in [0.25, 0.3) is 0 Å². The zero-order valence-corrected chi connectivity index (χ0v) is 12.3. The van der Waals surface area contributed by atoms with Gasteiger partial charge in [0.1, 0.15) is 6.29 Å². The predicted octanol–water partition coefficient (Wildman–Crippen LogP) is 3.40. The van der Waals surface area contributed by atoms with Crippen molar-refractivity contribution in [3.05, 3.63) is 71.8 Å². The van der Waals surface area contributed by atoms with Gasteiger partial charge in [-0.25, -0.2) is 4.39 Å². The van der Waals surface area contributed by atoms with Crippen molar-refractivity contribution in [2.24, 2.45) is 0 Å². The fourth-order valence-electron chi connectivity index (χ4n) is 1.73. The minimum atomic E-state index is -0.788. The number of ketones is 1. The molecule has 0 aromatic heterocycles. The number of ether oxygens (including phenoxy) is 2. The number of carbonyl (C=O) groups is 2. The van der Waals surface area contributed by atoms with Crippen LogP contribution in [-0.4, -0.2) is 25.8 Å². The Morgan fingerprint density at radius 2 is 2.14 bits per heavy atom. The third-order valence-corrected chi connectivity index (χ3v) is 2.79. The number of allylic oxidation sites excluding steroid dienone is 3. The van der Waals surface area contributed by atoms with E-state index in [4.69, 9.17) is 9.47 Å². The number of aldehydes is 1. The minimum Gasteiger partial charge on any atom is -0.482 e. The van der Waals surface area contributed by atoms with Gasteiger partial charge in [-0.2, -0.15) is 0 Å². The molecule has 0 heterocycles. The first-order valence-electron chi connectivity index (χ1n) is 6.44. The average Bonchev–Trinajstić information content (AvgIpc) is 2.51. The summed E-state index contributed by atoms with van der Waals surface area (Å²) >= 11 is 0. The maximum Gasteiger partial charge on any atom is 0.200 e. The molecular formula is C17H17FO4. The highest BCUT2D eigenvalue weighted by molar-refractivity contribution is 5.98. The lowest BCUT2D eigenvalue weighted by molar-refractivity contribution is 0.0861. The number of carbonyl (C=O) groups excluding carboxylic acids is 2. The van der Waals surface area contributed by atoms with Crippen LogP contribution < -0.4 is 0 Å². The summed E-state index contributed by atoms with van der Waals surface area (Å²) < 4.78 is 23.1. The topological polar surface area (TPSA) is 52.6 Å². The van der Waals surface area contributed by atoms with Crippen LogP contribution in [-0.2, 0) is 16.1 Å². The van der Waals surface area contributed by atoms with Crippen molar-refractivity contribution in [2.75, 3.05) is 13.7 Å². The van der Waals surface area contributed by atoms with E-state index in [1.165, 1.54) is 31.4 Å². The van der Waals surface area contributed by atoms with Crippen LogP contribution in [0, 0.1) is 0 Å². The highest BCUT2D eigenvalue weighted by Gasteiger charge is 2.12. The monoisotopic (exact) mass is 304 g/mol. The summed E-state index contributed by atoms with van der Waals surface area (Å²) in [4.78, 5) is 23.0. The summed E-state index contributed by atoms with van der Waals surface area (Å²) in [6, 6.07) is 4.60. The van der Waals surface area contributed by atoms with Gasteiger partial charge in [0.2, 0.25) is 0 Å². The maximum absolute atomic E-state index is 13.1. The summed E-state index contributed by atoms with van der Waals surface area (Å²) in [6.07, 6.45) is 3.30. The number of hydrogen-bond acceptors (Lipinski definition) is 4. The molecule has 1 rings (SSSR count). The highest BCUT2D eigenvalue weighted by Crippen LogP contribution is 2.15. The van der Waals surface area contributed by atoms with Gasteiger partial charge in [0.05, 0.1) is 6.61 Å². The van der Waals surface area contributed by atoms with Gasteiger partial charge in [-0.15, -0.1) is 0 Å². The number of hydrogen-bond donors (Lipinski definition) is 0. The minimum absolute atomic E-state index is 0.148. The first-order valence-corrected chi connectivity index (χ1v) is 6.44. The van der Waals surface area contributed by atoms with E-state index < -0.39 is 5.83 Å². The lowest BCUT2D eigenvalue weighted by Gasteiger charge is -2.09. The standard InChI is InChI=1S/C17H17FO4/c1-4-5-17(12(2)18)22-11-16(20)13-6-7-14(9-19)15(8-13)10-21-3/h4-9H,1-2,10-11H2,3H3/b17-5+. The zero-order valence-electron chi connectivity index (χ0n) is 12.3. The Kier molecular flexibility index (Phi) is 6.92. The van der Waals surface area contributed by atoms with E-state index in [0.29, 0.717) is 23.0 Å². The average molecular weight is 304 g/mol. The molecule has 0 saturated heterocycles. The molecule has 0 saturated carbocycles. The Bertz CT molecular complexity index is 617. The van der Waals surface area contributed by atoms with Gasteiger partial charge in [-0.3, -0.25) is 9.59 Å². The summed E-state index contributed by atoms with van der Waals surface area (Å²) in [5.74, 6) is -1.29. The molecule has 22 heavy (non-hydrogen) atoms. The van der Waals surface area contributed by atoms with E-state index in [1.54, 1.807) is 6.07 Å². The molecule has 0 radical (unpaired) electrons. The van der Waals surface area contributed by atoms with Crippen LogP contribution in [0.1, 0.15) is 26.3 Å². The van der Waals surface area contributed by atoms with E-state index in [0.717, 1.165) is 0 Å². The normalized spacial score (nSPS) is 10.9. The molecular weight excluding hydrogens is 287 g/mol. The van der Waals surface area contributed by atoms with Crippen molar-refractivity contribution in [3.8, 4) is 0 Å². The van der Waals surface area contributed by atoms with Gasteiger partial charge < -0.3 is 9.47 Å². The van der Waals surface area contributed by atoms with Crippen LogP contribution in [0.3, 0.4) is 0 Å². The highest BCUT2D eigenvalue weighted by atomic mass is 19.1. The zero-order chi connectivity index (χ0) is 16.5. The largest absolute Gasteiger partial charge is 0.482 e. The van der Waals surface area contributed by atoms with Gasteiger partial charge in [-0.1, -0.05) is 31.4 Å². The lowest BCUT2D eigenvalue weighted by atomic mass is 10.0. The molecule has 0 aliphatic carbocycles. The Morgan fingerprint density at radius 3 is 2.68 bits per heavy atom. The van der Waals surface area contributed by atoms with Crippen LogP contribution in [0.25, 0.3) is 0 Å². The lowest BCUT2D eigenvalue weighted by Crippen LogP contribution is -2.10. The van der Waals surface area contributed by atoms with Gasteiger partial charge >= 0.3 is 0 Å². The summed E-state index contributed by atoms with van der Waals surface area (Å²) in [7, 11) is 1.49. The molecule has 0 spiro atoms. The maximum atomic E-state index is 13.1. The number of Topliss-reactive ketones (excluding diaryl/α,β-unsaturated/α-hetero) is 1. The molecule has 116 valence electrons. The molecule has 0 atom stereocenters. The van der Waals surface area contributed by atoms with E-state index in [9.17, 15) is 14.0 Å². The van der Waals surface area contributed by atoms with Crippen LogP contribution in [0.5, 0.6) is 0 Å². The van der Waals surface area contributed by atoms with E-state index in [-0.39, 0.29) is 24.8 Å². The van der Waals surface area contributed by atoms with E-state index in [1.807, 2.05) is 0 Å². The SMILES string of the molecule is C=C/C=C(/OCC(=O)c1ccc(C=O)c(COC)c1)C(=C)F. The van der Waals surface area contributed by atoms with Crippen LogP contribution in [0.4, 0.5) is 4.39 Å². The van der Waals surface area contributed by atoms with Crippen molar-refractivity contribution in [2.45, 2.75) is 6.61 Å². The summed E-state index contributed by atoms with van der Waals surface area (Å²) in [5.41, 5.74) is 1.39. The molecule has 4 nitrogen and oxygen atoms in total. The number of methoxy groups -OCH3 is 1. The third kappa shape index (κ3) is 4.79. The van der Waals surface area contributed by atoms with Crippen molar-refractivity contribution in [3.63, 3.8) is 0 Å². The van der Waals surface area contributed by atoms with Gasteiger partial charge in [0.15, 0.2) is 24.0 Å².